The first kappa shape index (κ1) is 24.8. The molecule has 0 spiro atoms. The highest BCUT2D eigenvalue weighted by atomic mass is 35.5. The average Bonchev–Trinajstić information content (AvgIpc) is 3.09. The summed E-state index contributed by atoms with van der Waals surface area (Å²) in [5, 5.41) is 2.73. The van der Waals surface area contributed by atoms with Crippen LogP contribution in [0.1, 0.15) is 17.0 Å². The van der Waals surface area contributed by atoms with Crippen LogP contribution in [-0.2, 0) is 20.9 Å². The summed E-state index contributed by atoms with van der Waals surface area (Å²) < 4.78 is 5.27. The van der Waals surface area contributed by atoms with E-state index in [2.05, 4.69) is 10.3 Å². The number of rotatable bonds is 7. The number of amides is 2. The molecule has 1 fully saturated rings. The molecule has 158 valence electrons. The number of benzene rings is 1. The maximum absolute atomic E-state index is 12.3. The zero-order valence-corrected chi connectivity index (χ0v) is 17.5. The van der Waals surface area contributed by atoms with Gasteiger partial charge in [0.15, 0.2) is 0 Å². The molecule has 1 aromatic heterocycles. The quantitative estimate of drug-likeness (QED) is 0.679. The molecule has 1 aliphatic rings. The Morgan fingerprint density at radius 3 is 2.55 bits per heavy atom. The van der Waals surface area contributed by atoms with Gasteiger partial charge in [-0.2, -0.15) is 0 Å². The van der Waals surface area contributed by atoms with Gasteiger partial charge >= 0.3 is 0 Å². The predicted octanol–water partition coefficient (Wildman–Crippen LogP) is 1.51. The zero-order chi connectivity index (χ0) is 19.1. The third-order valence-electron chi connectivity index (χ3n) is 4.62. The van der Waals surface area contributed by atoms with Gasteiger partial charge in [0.2, 0.25) is 11.8 Å². The summed E-state index contributed by atoms with van der Waals surface area (Å²) in [6.45, 7) is 1.15. The minimum absolute atomic E-state index is 0. The molecule has 2 heterocycles. The first-order chi connectivity index (χ1) is 13.1. The highest BCUT2D eigenvalue weighted by Crippen LogP contribution is 2.26. The van der Waals surface area contributed by atoms with Crippen molar-refractivity contribution in [1.29, 1.82) is 0 Å². The van der Waals surface area contributed by atoms with Crippen molar-refractivity contribution in [2.75, 3.05) is 26.3 Å². The minimum atomic E-state index is -0.271. The van der Waals surface area contributed by atoms with E-state index in [-0.39, 0.29) is 61.8 Å². The van der Waals surface area contributed by atoms with Gasteiger partial charge in [0.05, 0.1) is 0 Å². The van der Waals surface area contributed by atoms with Gasteiger partial charge in [-0.15, -0.1) is 24.8 Å². The lowest BCUT2D eigenvalue weighted by atomic mass is 9.95. The van der Waals surface area contributed by atoms with Gasteiger partial charge in [-0.1, -0.05) is 36.4 Å². The predicted molar refractivity (Wildman–Crippen MR) is 115 cm³/mol. The molecule has 7 nitrogen and oxygen atoms in total. The number of carbonyl (C=O) groups is 2. The van der Waals surface area contributed by atoms with Crippen LogP contribution in [0.5, 0.6) is 0 Å². The van der Waals surface area contributed by atoms with Crippen LogP contribution in [0.2, 0.25) is 0 Å². The number of aromatic nitrogens is 1. The lowest BCUT2D eigenvalue weighted by Gasteiger charge is -2.16. The monoisotopic (exact) mass is 440 g/mol. The molecule has 2 aromatic rings. The number of carbonyl (C=O) groups excluding carboxylic acids is 2. The molecule has 1 aliphatic heterocycles. The number of hydrogen-bond acceptors (Lipinski definition) is 5. The van der Waals surface area contributed by atoms with Crippen LogP contribution in [0.25, 0.3) is 0 Å². The number of ether oxygens (including phenoxy) is 1. The van der Waals surface area contributed by atoms with Crippen molar-refractivity contribution in [3.8, 4) is 0 Å². The van der Waals surface area contributed by atoms with Gasteiger partial charge in [0, 0.05) is 44.0 Å². The lowest BCUT2D eigenvalue weighted by molar-refractivity contribution is -0.137. The van der Waals surface area contributed by atoms with E-state index in [1.165, 1.54) is 0 Å². The maximum atomic E-state index is 12.3. The average molecular weight is 441 g/mol. The van der Waals surface area contributed by atoms with E-state index in [0.717, 1.165) is 11.1 Å². The maximum Gasteiger partial charge on any atom is 0.248 e. The summed E-state index contributed by atoms with van der Waals surface area (Å²) in [6.07, 6.45) is 3.36. The standard InChI is InChI=1S/C20H24N4O3.2ClH/c21-18-12-24(11-17(18)16-6-2-1-3-7-16)20(26)14-27-13-19(25)23-10-15-5-4-8-22-9-15;;/h1-9,17-18H,10-14,21H2,(H,23,25);2*1H/t17-,18+;;/m0../s1. The molecule has 0 saturated carbocycles. The van der Waals surface area contributed by atoms with Crippen LogP contribution in [0.3, 0.4) is 0 Å². The Bertz CT molecular complexity index is 765. The number of nitrogens with one attached hydrogen (secondary N) is 1. The van der Waals surface area contributed by atoms with Crippen LogP contribution in [0.15, 0.2) is 54.9 Å². The highest BCUT2D eigenvalue weighted by molar-refractivity contribution is 5.85. The molecule has 1 saturated heterocycles. The van der Waals surface area contributed by atoms with E-state index < -0.39 is 0 Å². The SMILES string of the molecule is Cl.Cl.N[C@@H]1CN(C(=O)COCC(=O)NCc2cccnc2)C[C@H]1c1ccccc1. The number of likely N-dealkylation sites (tertiary alicyclic amines) is 1. The summed E-state index contributed by atoms with van der Waals surface area (Å²) >= 11 is 0. The van der Waals surface area contributed by atoms with Crippen molar-refractivity contribution < 1.29 is 14.3 Å². The smallest absolute Gasteiger partial charge is 0.248 e. The van der Waals surface area contributed by atoms with Crippen molar-refractivity contribution in [2.24, 2.45) is 5.73 Å². The van der Waals surface area contributed by atoms with E-state index >= 15 is 0 Å². The molecular weight excluding hydrogens is 415 g/mol. The van der Waals surface area contributed by atoms with Crippen LogP contribution in [0.4, 0.5) is 0 Å². The minimum Gasteiger partial charge on any atom is -0.362 e. The second kappa shape index (κ2) is 12.4. The fraction of sp³-hybridized carbons (Fsp3) is 0.350. The largest absolute Gasteiger partial charge is 0.362 e. The number of pyridine rings is 1. The van der Waals surface area contributed by atoms with Gasteiger partial charge in [-0.3, -0.25) is 14.6 Å². The first-order valence-electron chi connectivity index (χ1n) is 8.95. The van der Waals surface area contributed by atoms with Crippen LogP contribution in [-0.4, -0.2) is 54.0 Å². The molecule has 29 heavy (non-hydrogen) atoms. The molecule has 3 N–H and O–H groups in total. The van der Waals surface area contributed by atoms with Gasteiger partial charge in [-0.05, 0) is 17.2 Å². The Labute approximate surface area is 182 Å². The number of nitrogens with zero attached hydrogens (tertiary/aromatic N) is 2. The normalized spacial score (nSPS) is 17.8. The summed E-state index contributed by atoms with van der Waals surface area (Å²) in [7, 11) is 0. The Hall–Kier alpha value is -2.19. The molecule has 2 amide bonds. The Kier molecular flexibility index (Phi) is 10.6. The third-order valence-corrected chi connectivity index (χ3v) is 4.62. The molecule has 0 unspecified atom stereocenters. The Balaban J connectivity index is 0.00000210. The second-order valence-corrected chi connectivity index (χ2v) is 6.61. The van der Waals surface area contributed by atoms with Crippen LogP contribution >= 0.6 is 24.8 Å². The number of nitrogens with two attached hydrogens (primary N) is 1. The van der Waals surface area contributed by atoms with Gasteiger partial charge in [0.1, 0.15) is 13.2 Å². The zero-order valence-electron chi connectivity index (χ0n) is 15.9. The van der Waals surface area contributed by atoms with Crippen molar-refractivity contribution in [3.05, 3.63) is 66.0 Å². The Morgan fingerprint density at radius 1 is 1.10 bits per heavy atom. The molecular formula is C20H26Cl2N4O3. The van der Waals surface area contributed by atoms with Gasteiger partial charge in [0.25, 0.3) is 0 Å². The van der Waals surface area contributed by atoms with Gasteiger partial charge < -0.3 is 20.7 Å². The summed E-state index contributed by atoms with van der Waals surface area (Å²) in [4.78, 5) is 29.8. The van der Waals surface area contributed by atoms with Gasteiger partial charge in [-0.25, -0.2) is 0 Å². The molecule has 0 bridgehead atoms. The summed E-state index contributed by atoms with van der Waals surface area (Å²) in [6, 6.07) is 13.5. The fourth-order valence-electron chi connectivity index (χ4n) is 3.16. The van der Waals surface area contributed by atoms with Crippen molar-refractivity contribution in [1.82, 2.24) is 15.2 Å². The number of halogens is 2. The van der Waals surface area contributed by atoms with Crippen molar-refractivity contribution >= 4 is 36.6 Å². The Morgan fingerprint density at radius 2 is 1.86 bits per heavy atom. The van der Waals surface area contributed by atoms with E-state index in [1.54, 1.807) is 23.4 Å². The second-order valence-electron chi connectivity index (χ2n) is 6.61. The summed E-state index contributed by atoms with van der Waals surface area (Å²) in [5.41, 5.74) is 8.24. The van der Waals surface area contributed by atoms with E-state index in [0.29, 0.717) is 19.6 Å². The fourth-order valence-corrected chi connectivity index (χ4v) is 3.16. The highest BCUT2D eigenvalue weighted by Gasteiger charge is 2.33. The summed E-state index contributed by atoms with van der Waals surface area (Å²) in [5.74, 6) is -0.297. The van der Waals surface area contributed by atoms with Crippen LogP contribution < -0.4 is 11.1 Å². The number of hydrogen-bond donors (Lipinski definition) is 2. The van der Waals surface area contributed by atoms with E-state index in [1.807, 2.05) is 36.4 Å². The molecule has 1 aromatic carbocycles. The topological polar surface area (TPSA) is 97.5 Å². The molecule has 0 radical (unpaired) electrons. The van der Waals surface area contributed by atoms with Crippen molar-refractivity contribution in [3.63, 3.8) is 0 Å². The van der Waals surface area contributed by atoms with Crippen LogP contribution in [0, 0.1) is 0 Å². The molecule has 9 heteroatoms. The van der Waals surface area contributed by atoms with Crippen molar-refractivity contribution in [2.45, 2.75) is 18.5 Å². The molecule has 3 rings (SSSR count). The lowest BCUT2D eigenvalue weighted by Crippen LogP contribution is -2.35. The van der Waals surface area contributed by atoms with E-state index in [4.69, 9.17) is 10.5 Å². The first-order valence-corrected chi connectivity index (χ1v) is 8.95. The molecule has 2 atom stereocenters. The third kappa shape index (κ3) is 7.29. The van der Waals surface area contributed by atoms with E-state index in [9.17, 15) is 9.59 Å². The molecule has 0 aliphatic carbocycles.